The second-order valence-corrected chi connectivity index (χ2v) is 9.23. The Hall–Kier alpha value is -2.75. The van der Waals surface area contributed by atoms with Gasteiger partial charge in [-0.3, -0.25) is 9.59 Å². The third-order valence-corrected chi connectivity index (χ3v) is 7.07. The number of aliphatic hydroxyl groups is 1. The van der Waals surface area contributed by atoms with Gasteiger partial charge in [-0.1, -0.05) is 12.1 Å². The van der Waals surface area contributed by atoms with Crippen molar-refractivity contribution in [3.63, 3.8) is 0 Å². The van der Waals surface area contributed by atoms with E-state index in [2.05, 4.69) is 4.98 Å². The standard InChI is InChI=1S/C23H27N3O5S/c1-14-22(32-15(2)24-14)20(27)18-19(16-4-6-17(30-3)7-5-16)26(23(29)21(18)28)9-8-25-10-12-31-13-11-25/h4-7,19,28H,8-13H2,1-3H3/p+1/t19-/m1/s1. The SMILES string of the molecule is COc1ccc([C@@H]2C(C(=O)c3sc(C)nc3C)=C(O)C(=O)N2CC[NH+]2CCOCC2)cc1. The van der Waals surface area contributed by atoms with Crippen molar-refractivity contribution >= 4 is 23.0 Å². The number of thiazole rings is 1. The molecule has 3 heterocycles. The van der Waals surface area contributed by atoms with Crippen molar-refractivity contribution in [2.24, 2.45) is 0 Å². The monoisotopic (exact) mass is 458 g/mol. The Labute approximate surface area is 191 Å². The van der Waals surface area contributed by atoms with Crippen molar-refractivity contribution in [3.05, 3.63) is 56.7 Å². The number of hydrogen-bond acceptors (Lipinski definition) is 7. The first-order valence-electron chi connectivity index (χ1n) is 10.7. The molecule has 0 bridgehead atoms. The maximum Gasteiger partial charge on any atom is 0.290 e. The normalized spacial score (nSPS) is 19.7. The van der Waals surface area contributed by atoms with Crippen molar-refractivity contribution in [1.82, 2.24) is 9.88 Å². The highest BCUT2D eigenvalue weighted by atomic mass is 32.1. The number of ketones is 1. The zero-order valence-electron chi connectivity index (χ0n) is 18.5. The van der Waals surface area contributed by atoms with Gasteiger partial charge < -0.3 is 24.4 Å². The summed E-state index contributed by atoms with van der Waals surface area (Å²) in [7, 11) is 1.58. The number of aliphatic hydroxyl groups excluding tert-OH is 1. The molecule has 0 aliphatic carbocycles. The van der Waals surface area contributed by atoms with Crippen LogP contribution < -0.4 is 9.64 Å². The van der Waals surface area contributed by atoms with Gasteiger partial charge >= 0.3 is 0 Å². The predicted octanol–water partition coefficient (Wildman–Crippen LogP) is 1.26. The number of quaternary nitrogens is 1. The fraction of sp³-hybridized carbons (Fsp3) is 0.435. The van der Waals surface area contributed by atoms with Crippen LogP contribution in [0.2, 0.25) is 0 Å². The van der Waals surface area contributed by atoms with E-state index in [-0.39, 0.29) is 11.4 Å². The fourth-order valence-corrected chi connectivity index (χ4v) is 5.18. The van der Waals surface area contributed by atoms with Crippen molar-refractivity contribution in [3.8, 4) is 5.75 Å². The van der Waals surface area contributed by atoms with E-state index in [1.807, 2.05) is 19.1 Å². The average molecular weight is 459 g/mol. The summed E-state index contributed by atoms with van der Waals surface area (Å²) in [6, 6.07) is 6.60. The van der Waals surface area contributed by atoms with Crippen molar-refractivity contribution in [1.29, 1.82) is 0 Å². The van der Waals surface area contributed by atoms with Crippen LogP contribution >= 0.6 is 11.3 Å². The molecule has 1 saturated heterocycles. The van der Waals surface area contributed by atoms with Gasteiger partial charge in [0.2, 0.25) is 5.78 Å². The van der Waals surface area contributed by atoms with E-state index < -0.39 is 17.7 Å². The molecule has 2 aliphatic rings. The highest BCUT2D eigenvalue weighted by Gasteiger charge is 2.44. The summed E-state index contributed by atoms with van der Waals surface area (Å²) in [5, 5.41) is 11.6. The van der Waals surface area contributed by atoms with E-state index in [0.717, 1.165) is 30.2 Å². The summed E-state index contributed by atoms with van der Waals surface area (Å²) in [5.74, 6) is -0.655. The Morgan fingerprint density at radius 1 is 1.28 bits per heavy atom. The Morgan fingerprint density at radius 2 is 1.97 bits per heavy atom. The van der Waals surface area contributed by atoms with Crippen LogP contribution in [0, 0.1) is 13.8 Å². The lowest BCUT2D eigenvalue weighted by atomic mass is 9.95. The number of benzene rings is 1. The molecular formula is C23H28N3O5S+. The molecule has 1 aromatic heterocycles. The highest BCUT2D eigenvalue weighted by molar-refractivity contribution is 7.14. The molecule has 0 unspecified atom stereocenters. The number of aromatic nitrogens is 1. The molecule has 170 valence electrons. The Balaban J connectivity index is 1.69. The molecule has 1 atom stereocenters. The van der Waals surface area contributed by atoms with Crippen LogP contribution in [0.4, 0.5) is 0 Å². The lowest BCUT2D eigenvalue weighted by molar-refractivity contribution is -0.907. The molecule has 0 saturated carbocycles. The van der Waals surface area contributed by atoms with Gasteiger partial charge in [0.15, 0.2) is 5.76 Å². The third-order valence-electron chi connectivity index (χ3n) is 6.00. The quantitative estimate of drug-likeness (QED) is 0.607. The second-order valence-electron chi connectivity index (χ2n) is 8.03. The molecule has 1 amide bonds. The summed E-state index contributed by atoms with van der Waals surface area (Å²) in [6.45, 7) is 7.89. The van der Waals surface area contributed by atoms with Crippen LogP contribution in [-0.4, -0.2) is 73.2 Å². The minimum atomic E-state index is -0.664. The average Bonchev–Trinajstić information content (AvgIpc) is 3.28. The number of carbonyl (C=O) groups excluding carboxylic acids is 2. The molecule has 2 aliphatic heterocycles. The number of nitrogens with one attached hydrogen (secondary N) is 1. The van der Waals surface area contributed by atoms with Crippen LogP contribution in [0.3, 0.4) is 0 Å². The lowest BCUT2D eigenvalue weighted by Crippen LogP contribution is -3.14. The van der Waals surface area contributed by atoms with Gasteiger partial charge in [0.1, 0.15) is 18.8 Å². The van der Waals surface area contributed by atoms with Gasteiger partial charge in [-0.05, 0) is 31.5 Å². The maximum absolute atomic E-state index is 13.5. The minimum absolute atomic E-state index is 0.115. The summed E-state index contributed by atoms with van der Waals surface area (Å²) in [6.07, 6.45) is 0. The summed E-state index contributed by atoms with van der Waals surface area (Å²) in [4.78, 5) is 34.4. The Bertz CT molecular complexity index is 1040. The number of ether oxygens (including phenoxy) is 2. The number of nitrogens with zero attached hydrogens (tertiary/aromatic N) is 2. The molecule has 32 heavy (non-hydrogen) atoms. The van der Waals surface area contributed by atoms with Crippen molar-refractivity contribution in [2.75, 3.05) is 46.5 Å². The number of amides is 1. The van der Waals surface area contributed by atoms with Gasteiger partial charge in [-0.15, -0.1) is 11.3 Å². The highest BCUT2D eigenvalue weighted by Crippen LogP contribution is 2.40. The first kappa shape index (κ1) is 22.4. The molecule has 2 N–H and O–H groups in total. The van der Waals surface area contributed by atoms with E-state index >= 15 is 0 Å². The number of aryl methyl sites for hydroxylation is 2. The van der Waals surface area contributed by atoms with E-state index in [1.165, 1.54) is 16.2 Å². The molecule has 1 fully saturated rings. The van der Waals surface area contributed by atoms with Gasteiger partial charge in [-0.2, -0.15) is 0 Å². The fourth-order valence-electron chi connectivity index (χ4n) is 4.30. The van der Waals surface area contributed by atoms with Crippen LogP contribution in [0.1, 0.15) is 32.0 Å². The topological polar surface area (TPSA) is 93.4 Å². The van der Waals surface area contributed by atoms with E-state index in [0.29, 0.717) is 36.1 Å². The largest absolute Gasteiger partial charge is 0.503 e. The summed E-state index contributed by atoms with van der Waals surface area (Å²) >= 11 is 1.28. The zero-order valence-corrected chi connectivity index (χ0v) is 19.3. The van der Waals surface area contributed by atoms with Gasteiger partial charge in [-0.25, -0.2) is 4.98 Å². The van der Waals surface area contributed by atoms with E-state index in [4.69, 9.17) is 9.47 Å². The predicted molar refractivity (Wildman–Crippen MR) is 119 cm³/mol. The summed E-state index contributed by atoms with van der Waals surface area (Å²) < 4.78 is 10.7. The third kappa shape index (κ3) is 4.28. The Morgan fingerprint density at radius 3 is 2.56 bits per heavy atom. The van der Waals surface area contributed by atoms with Gasteiger partial charge in [0, 0.05) is 0 Å². The minimum Gasteiger partial charge on any atom is -0.503 e. The van der Waals surface area contributed by atoms with Crippen LogP contribution in [0.15, 0.2) is 35.6 Å². The van der Waals surface area contributed by atoms with Crippen LogP contribution in [0.25, 0.3) is 0 Å². The van der Waals surface area contributed by atoms with Crippen molar-refractivity contribution < 1.29 is 29.1 Å². The van der Waals surface area contributed by atoms with E-state index in [9.17, 15) is 14.7 Å². The molecule has 8 nitrogen and oxygen atoms in total. The Kier molecular flexibility index (Phi) is 6.59. The lowest BCUT2D eigenvalue weighted by Gasteiger charge is -2.30. The number of Topliss-reactive ketones (excluding diaryl/α,β-unsaturated/α-hetero) is 1. The zero-order chi connectivity index (χ0) is 22.8. The molecule has 4 rings (SSSR count). The van der Waals surface area contributed by atoms with Crippen molar-refractivity contribution in [2.45, 2.75) is 19.9 Å². The molecule has 2 aromatic rings. The first-order chi connectivity index (χ1) is 15.4. The van der Waals surface area contributed by atoms with Crippen LogP contribution in [-0.2, 0) is 9.53 Å². The number of methoxy groups -OCH3 is 1. The number of hydrogen-bond donors (Lipinski definition) is 2. The molecular weight excluding hydrogens is 430 g/mol. The first-order valence-corrected chi connectivity index (χ1v) is 11.5. The number of morpholine rings is 1. The molecule has 1 aromatic carbocycles. The molecule has 0 spiro atoms. The van der Waals surface area contributed by atoms with Crippen LogP contribution in [0.5, 0.6) is 5.75 Å². The smallest absolute Gasteiger partial charge is 0.290 e. The number of rotatable bonds is 7. The second kappa shape index (κ2) is 9.40. The van der Waals surface area contributed by atoms with E-state index in [1.54, 1.807) is 31.1 Å². The maximum atomic E-state index is 13.5. The van der Waals surface area contributed by atoms with Gasteiger partial charge in [0.05, 0.1) is 60.6 Å². The molecule has 9 heteroatoms. The molecule has 0 radical (unpaired) electrons. The number of carbonyl (C=O) groups is 2. The van der Waals surface area contributed by atoms with Gasteiger partial charge in [0.25, 0.3) is 5.91 Å². The summed E-state index contributed by atoms with van der Waals surface area (Å²) in [5.41, 5.74) is 1.47.